The predicted octanol–water partition coefficient (Wildman–Crippen LogP) is 0.922. The standard InChI is InChI=1S/C10H14FNO3/c1-15-8-3-2-6(7(12)4-5-13)10(14)9(8)11/h2-3,7,13-14H,4-5,12H2,1H3. The fourth-order valence-electron chi connectivity index (χ4n) is 1.31. The van der Waals surface area contributed by atoms with Gasteiger partial charge in [-0.2, -0.15) is 4.39 Å². The van der Waals surface area contributed by atoms with Gasteiger partial charge in [0.2, 0.25) is 5.82 Å². The van der Waals surface area contributed by atoms with Crippen molar-refractivity contribution >= 4 is 0 Å². The topological polar surface area (TPSA) is 75.7 Å². The lowest BCUT2D eigenvalue weighted by molar-refractivity contribution is 0.274. The number of hydrogen-bond acceptors (Lipinski definition) is 4. The van der Waals surface area contributed by atoms with Crippen molar-refractivity contribution in [2.45, 2.75) is 12.5 Å². The van der Waals surface area contributed by atoms with E-state index in [0.717, 1.165) is 0 Å². The van der Waals surface area contributed by atoms with Crippen LogP contribution in [0.1, 0.15) is 18.0 Å². The number of aromatic hydroxyl groups is 1. The molecule has 84 valence electrons. The summed E-state index contributed by atoms with van der Waals surface area (Å²) in [5, 5.41) is 18.2. The van der Waals surface area contributed by atoms with E-state index in [1.165, 1.54) is 19.2 Å². The quantitative estimate of drug-likeness (QED) is 0.698. The molecule has 1 aromatic rings. The molecule has 1 rings (SSSR count). The molecular formula is C10H14FNO3. The number of phenolic OH excluding ortho intramolecular Hbond substituents is 1. The number of halogens is 1. The summed E-state index contributed by atoms with van der Waals surface area (Å²) in [5.74, 6) is -1.38. The summed E-state index contributed by atoms with van der Waals surface area (Å²) in [6.07, 6.45) is 0.263. The van der Waals surface area contributed by atoms with Crippen molar-refractivity contribution in [2.24, 2.45) is 5.73 Å². The Hall–Kier alpha value is -1.33. The van der Waals surface area contributed by atoms with Crippen molar-refractivity contribution in [3.8, 4) is 11.5 Å². The smallest absolute Gasteiger partial charge is 0.206 e. The second-order valence-corrected chi connectivity index (χ2v) is 3.14. The number of hydrogen-bond donors (Lipinski definition) is 3. The molecule has 1 atom stereocenters. The Kier molecular flexibility index (Phi) is 3.88. The van der Waals surface area contributed by atoms with Crippen molar-refractivity contribution in [1.29, 1.82) is 0 Å². The van der Waals surface area contributed by atoms with Crippen LogP contribution in [-0.4, -0.2) is 23.9 Å². The van der Waals surface area contributed by atoms with Crippen LogP contribution < -0.4 is 10.5 Å². The Morgan fingerprint density at radius 3 is 2.73 bits per heavy atom. The molecule has 0 aliphatic heterocycles. The van der Waals surface area contributed by atoms with Crippen molar-refractivity contribution < 1.29 is 19.3 Å². The van der Waals surface area contributed by atoms with E-state index in [-0.39, 0.29) is 24.3 Å². The van der Waals surface area contributed by atoms with Crippen LogP contribution in [0.25, 0.3) is 0 Å². The molecule has 0 saturated carbocycles. The SMILES string of the molecule is COc1ccc(C(N)CCO)c(O)c1F. The minimum atomic E-state index is -0.830. The normalized spacial score (nSPS) is 12.5. The molecule has 1 aromatic carbocycles. The Morgan fingerprint density at radius 1 is 1.53 bits per heavy atom. The van der Waals surface area contributed by atoms with Gasteiger partial charge < -0.3 is 20.7 Å². The number of aliphatic hydroxyl groups is 1. The third kappa shape index (κ3) is 2.37. The molecule has 0 spiro atoms. The second kappa shape index (κ2) is 4.95. The first-order valence-corrected chi connectivity index (χ1v) is 4.53. The van der Waals surface area contributed by atoms with Gasteiger partial charge in [0.1, 0.15) is 0 Å². The van der Waals surface area contributed by atoms with E-state index in [9.17, 15) is 9.50 Å². The first-order valence-electron chi connectivity index (χ1n) is 4.53. The molecule has 15 heavy (non-hydrogen) atoms. The first-order chi connectivity index (χ1) is 7.11. The fraction of sp³-hybridized carbons (Fsp3) is 0.400. The van der Waals surface area contributed by atoms with Gasteiger partial charge in [0.15, 0.2) is 11.5 Å². The van der Waals surface area contributed by atoms with Crippen LogP contribution in [0.4, 0.5) is 4.39 Å². The van der Waals surface area contributed by atoms with Gasteiger partial charge >= 0.3 is 0 Å². The minimum Gasteiger partial charge on any atom is -0.504 e. The maximum atomic E-state index is 13.4. The molecule has 0 aromatic heterocycles. The van der Waals surface area contributed by atoms with Gasteiger partial charge in [0.25, 0.3) is 0 Å². The molecule has 0 aliphatic rings. The molecular weight excluding hydrogens is 201 g/mol. The van der Waals surface area contributed by atoms with Crippen LogP contribution in [0, 0.1) is 5.82 Å². The zero-order chi connectivity index (χ0) is 11.4. The van der Waals surface area contributed by atoms with Crippen molar-refractivity contribution in [3.05, 3.63) is 23.5 Å². The molecule has 5 heteroatoms. The van der Waals surface area contributed by atoms with Crippen LogP contribution in [0.3, 0.4) is 0 Å². The van der Waals surface area contributed by atoms with Gasteiger partial charge in [-0.25, -0.2) is 0 Å². The first kappa shape index (κ1) is 11.7. The molecule has 0 radical (unpaired) electrons. The lowest BCUT2D eigenvalue weighted by Crippen LogP contribution is -2.12. The second-order valence-electron chi connectivity index (χ2n) is 3.14. The van der Waals surface area contributed by atoms with E-state index < -0.39 is 17.6 Å². The van der Waals surface area contributed by atoms with E-state index in [2.05, 4.69) is 0 Å². The molecule has 0 heterocycles. The van der Waals surface area contributed by atoms with E-state index in [1.54, 1.807) is 0 Å². The minimum absolute atomic E-state index is 0.0348. The van der Waals surface area contributed by atoms with Crippen LogP contribution in [0.15, 0.2) is 12.1 Å². The monoisotopic (exact) mass is 215 g/mol. The third-order valence-corrected chi connectivity index (χ3v) is 2.17. The highest BCUT2D eigenvalue weighted by Crippen LogP contribution is 2.32. The zero-order valence-electron chi connectivity index (χ0n) is 8.40. The summed E-state index contributed by atoms with van der Waals surface area (Å²) in [6.45, 7) is -0.117. The van der Waals surface area contributed by atoms with Gasteiger partial charge in [-0.1, -0.05) is 0 Å². The van der Waals surface area contributed by atoms with Gasteiger partial charge in [-0.3, -0.25) is 0 Å². The number of nitrogens with two attached hydrogens (primary N) is 1. The van der Waals surface area contributed by atoms with Crippen molar-refractivity contribution in [3.63, 3.8) is 0 Å². The van der Waals surface area contributed by atoms with Crippen LogP contribution in [0.2, 0.25) is 0 Å². The average molecular weight is 215 g/mol. The van der Waals surface area contributed by atoms with Gasteiger partial charge in [0.05, 0.1) is 7.11 Å². The zero-order valence-corrected chi connectivity index (χ0v) is 8.40. The highest BCUT2D eigenvalue weighted by atomic mass is 19.1. The summed E-state index contributed by atoms with van der Waals surface area (Å²) >= 11 is 0. The summed E-state index contributed by atoms with van der Waals surface area (Å²) in [7, 11) is 1.31. The third-order valence-electron chi connectivity index (χ3n) is 2.17. The lowest BCUT2D eigenvalue weighted by Gasteiger charge is -2.14. The number of aliphatic hydroxyl groups excluding tert-OH is 1. The highest BCUT2D eigenvalue weighted by Gasteiger charge is 2.17. The van der Waals surface area contributed by atoms with Crippen molar-refractivity contribution in [2.75, 3.05) is 13.7 Å². The summed E-state index contributed by atoms with van der Waals surface area (Å²) in [6, 6.07) is 2.29. The van der Waals surface area contributed by atoms with E-state index in [4.69, 9.17) is 15.6 Å². The number of methoxy groups -OCH3 is 1. The molecule has 0 fully saturated rings. The van der Waals surface area contributed by atoms with Crippen LogP contribution >= 0.6 is 0 Å². The number of ether oxygens (including phenoxy) is 1. The van der Waals surface area contributed by atoms with E-state index in [0.29, 0.717) is 0 Å². The lowest BCUT2D eigenvalue weighted by atomic mass is 10.0. The largest absolute Gasteiger partial charge is 0.504 e. The number of benzene rings is 1. The maximum absolute atomic E-state index is 13.4. The molecule has 0 aliphatic carbocycles. The Morgan fingerprint density at radius 2 is 2.20 bits per heavy atom. The molecule has 4 N–H and O–H groups in total. The van der Waals surface area contributed by atoms with E-state index in [1.807, 2.05) is 0 Å². The highest BCUT2D eigenvalue weighted by molar-refractivity contribution is 5.43. The number of rotatable bonds is 4. The fourth-order valence-corrected chi connectivity index (χ4v) is 1.31. The molecule has 0 saturated heterocycles. The average Bonchev–Trinajstić information content (AvgIpc) is 2.22. The summed E-state index contributed by atoms with van der Waals surface area (Å²) < 4.78 is 18.1. The molecule has 0 bridgehead atoms. The molecule has 0 amide bonds. The van der Waals surface area contributed by atoms with Crippen molar-refractivity contribution in [1.82, 2.24) is 0 Å². The van der Waals surface area contributed by atoms with E-state index >= 15 is 0 Å². The molecule has 4 nitrogen and oxygen atoms in total. The molecule has 1 unspecified atom stereocenters. The maximum Gasteiger partial charge on any atom is 0.206 e. The Labute approximate surface area is 87.1 Å². The van der Waals surface area contributed by atoms with Gasteiger partial charge in [0, 0.05) is 18.2 Å². The summed E-state index contributed by atoms with van der Waals surface area (Å²) in [4.78, 5) is 0. The Balaban J connectivity index is 3.06. The number of phenols is 1. The van der Waals surface area contributed by atoms with Crippen LogP contribution in [0.5, 0.6) is 11.5 Å². The predicted molar refractivity (Wildman–Crippen MR) is 53.2 cm³/mol. The Bertz CT molecular complexity index is 344. The van der Waals surface area contributed by atoms with Crippen LogP contribution in [-0.2, 0) is 0 Å². The van der Waals surface area contributed by atoms with Gasteiger partial charge in [-0.15, -0.1) is 0 Å². The summed E-state index contributed by atoms with van der Waals surface area (Å²) in [5.41, 5.74) is 5.91. The van der Waals surface area contributed by atoms with Gasteiger partial charge in [-0.05, 0) is 18.6 Å².